The Labute approximate surface area is 215 Å². The predicted octanol–water partition coefficient (Wildman–Crippen LogP) is 3.22. The molecule has 4 N–H and O–H groups in total. The maximum absolute atomic E-state index is 12.8. The third-order valence-electron chi connectivity index (χ3n) is 4.31. The van der Waals surface area contributed by atoms with E-state index in [4.69, 9.17) is 9.47 Å². The molecule has 1 aromatic rings. The zero-order valence-corrected chi connectivity index (χ0v) is 22.9. The molecule has 1 rings (SSSR count). The Hall–Kier alpha value is -1.56. The Morgan fingerprint density at radius 2 is 1.76 bits per heavy atom. The van der Waals surface area contributed by atoms with E-state index in [2.05, 4.69) is 22.0 Å². The van der Waals surface area contributed by atoms with Crippen molar-refractivity contribution in [2.45, 2.75) is 39.0 Å². The molecular weight excluding hydrogens is 496 g/mol. The van der Waals surface area contributed by atoms with Crippen LogP contribution in [0.25, 0.3) is 0 Å². The maximum Gasteiger partial charge on any atom is 0.511 e. The first-order valence-corrected chi connectivity index (χ1v) is 14.6. The summed E-state index contributed by atoms with van der Waals surface area (Å²) in [7, 11) is 3.37. The summed E-state index contributed by atoms with van der Waals surface area (Å²) in [4.78, 5) is 36.1. The highest BCUT2D eigenvalue weighted by molar-refractivity contribution is 8.76. The molecule has 0 aliphatic rings. The van der Waals surface area contributed by atoms with Crippen molar-refractivity contribution >= 4 is 51.4 Å². The summed E-state index contributed by atoms with van der Waals surface area (Å²) < 4.78 is 14.4. The van der Waals surface area contributed by atoms with E-state index < -0.39 is 18.4 Å². The van der Waals surface area contributed by atoms with Crippen LogP contribution < -0.4 is 11.1 Å². The standard InChI is InChI=1S/C22H34N2O6S3.CH3/c1-4-28-22(27)30-16(2)29-20(25)13-24-21(26)18(12-17-8-6-5-7-9-17)14-32-33-15-19(23)10-11-31-3;/h5-9,16,18-19H,4,10-15,23H2,1-3H3,(H,24,26);1H3/q;-1/p+1/t16?,18-,19+;/m1./s1. The highest BCUT2D eigenvalue weighted by Crippen LogP contribution is 2.26. The van der Waals surface area contributed by atoms with Crippen LogP contribution >= 0.6 is 33.3 Å². The van der Waals surface area contributed by atoms with E-state index in [0.29, 0.717) is 18.2 Å². The van der Waals surface area contributed by atoms with E-state index in [1.165, 1.54) is 6.92 Å². The molecule has 34 heavy (non-hydrogen) atoms. The maximum atomic E-state index is 12.8. The minimum absolute atomic E-state index is 0. The number of ether oxygens (including phenoxy) is 3. The molecule has 0 saturated heterocycles. The predicted molar refractivity (Wildman–Crippen MR) is 141 cm³/mol. The van der Waals surface area contributed by atoms with Crippen molar-refractivity contribution in [2.75, 3.05) is 36.7 Å². The summed E-state index contributed by atoms with van der Waals surface area (Å²) in [5, 5.41) is 2.64. The van der Waals surface area contributed by atoms with Crippen molar-refractivity contribution in [1.82, 2.24) is 5.32 Å². The number of carbonyl (C=O) groups is 3. The van der Waals surface area contributed by atoms with Gasteiger partial charge < -0.3 is 32.7 Å². The van der Waals surface area contributed by atoms with Crippen LogP contribution in [0.1, 0.15) is 25.8 Å². The largest absolute Gasteiger partial charge is 0.511 e. The fourth-order valence-corrected chi connectivity index (χ4v) is 5.81. The molecule has 0 aliphatic heterocycles. The van der Waals surface area contributed by atoms with Crippen LogP contribution in [0.3, 0.4) is 0 Å². The molecule has 194 valence electrons. The van der Waals surface area contributed by atoms with Crippen molar-refractivity contribution in [3.05, 3.63) is 43.3 Å². The van der Waals surface area contributed by atoms with Crippen molar-refractivity contribution < 1.29 is 34.3 Å². The zero-order chi connectivity index (χ0) is 24.5. The minimum atomic E-state index is -1.11. The van der Waals surface area contributed by atoms with Gasteiger partial charge in [-0.3, -0.25) is 9.59 Å². The number of quaternary nitrogens is 1. The Morgan fingerprint density at radius 3 is 2.41 bits per heavy atom. The SMILES string of the molecule is CCOC(=O)OC(C)OC(=O)CNC(=O)[C@@H](CSSC[C@@H]([NH3+])CCSC)Cc1ccccc1.[CH3-]. The van der Waals surface area contributed by atoms with Crippen molar-refractivity contribution in [1.29, 1.82) is 0 Å². The molecule has 0 heterocycles. The summed E-state index contributed by atoms with van der Waals surface area (Å²) in [6, 6.07) is 10.2. The molecule has 0 aliphatic carbocycles. The lowest BCUT2D eigenvalue weighted by atomic mass is 10.0. The quantitative estimate of drug-likeness (QED) is 0.108. The van der Waals surface area contributed by atoms with E-state index in [1.807, 2.05) is 42.1 Å². The van der Waals surface area contributed by atoms with Gasteiger partial charge in [0.2, 0.25) is 12.2 Å². The highest BCUT2D eigenvalue weighted by Gasteiger charge is 2.22. The van der Waals surface area contributed by atoms with Gasteiger partial charge >= 0.3 is 12.1 Å². The van der Waals surface area contributed by atoms with Gasteiger partial charge in [-0.1, -0.05) is 51.9 Å². The third kappa shape index (κ3) is 15.4. The van der Waals surface area contributed by atoms with Crippen LogP contribution in [0, 0.1) is 13.3 Å². The third-order valence-corrected chi connectivity index (χ3v) is 7.58. The van der Waals surface area contributed by atoms with Gasteiger partial charge in [-0.2, -0.15) is 11.8 Å². The normalized spacial score (nSPS) is 13.1. The fourth-order valence-electron chi connectivity index (χ4n) is 2.61. The molecule has 0 bridgehead atoms. The van der Waals surface area contributed by atoms with Gasteiger partial charge in [0.15, 0.2) is 0 Å². The number of hydrogen-bond donors (Lipinski definition) is 2. The van der Waals surface area contributed by atoms with Gasteiger partial charge in [0.1, 0.15) is 6.54 Å². The van der Waals surface area contributed by atoms with Gasteiger partial charge in [-0.25, -0.2) is 4.79 Å². The highest BCUT2D eigenvalue weighted by atomic mass is 33.1. The second-order valence-corrected chi connectivity index (χ2v) is 10.7. The van der Waals surface area contributed by atoms with Gasteiger partial charge in [0.25, 0.3) is 0 Å². The van der Waals surface area contributed by atoms with E-state index in [0.717, 1.165) is 23.5 Å². The summed E-state index contributed by atoms with van der Waals surface area (Å²) in [6.45, 7) is 2.88. The number of thioether (sulfide) groups is 1. The molecule has 1 aromatic carbocycles. The zero-order valence-electron chi connectivity index (χ0n) is 20.4. The molecule has 0 spiro atoms. The molecule has 0 fully saturated rings. The lowest BCUT2D eigenvalue weighted by molar-refractivity contribution is -0.412. The summed E-state index contributed by atoms with van der Waals surface area (Å²) in [5.74, 6) is 1.40. The van der Waals surface area contributed by atoms with Gasteiger partial charge in [0, 0.05) is 19.1 Å². The number of carbonyl (C=O) groups excluding carboxylic acids is 3. The molecule has 0 saturated carbocycles. The summed E-state index contributed by atoms with van der Waals surface area (Å²) in [6.07, 6.45) is 1.70. The Morgan fingerprint density at radius 1 is 1.09 bits per heavy atom. The minimum Gasteiger partial charge on any atom is -0.435 e. The van der Waals surface area contributed by atoms with E-state index in [9.17, 15) is 14.4 Å². The Bertz CT molecular complexity index is 711. The summed E-state index contributed by atoms with van der Waals surface area (Å²) >= 11 is 1.82. The average Bonchev–Trinajstić information content (AvgIpc) is 2.78. The number of nitrogens with one attached hydrogen (secondary N) is 1. The van der Waals surface area contributed by atoms with Crippen molar-refractivity contribution in [3.63, 3.8) is 0 Å². The van der Waals surface area contributed by atoms with Crippen molar-refractivity contribution in [2.24, 2.45) is 5.92 Å². The van der Waals surface area contributed by atoms with E-state index >= 15 is 0 Å². The molecule has 1 unspecified atom stereocenters. The van der Waals surface area contributed by atoms with Crippen molar-refractivity contribution in [3.8, 4) is 0 Å². The van der Waals surface area contributed by atoms with Crippen LogP contribution in [0.2, 0.25) is 0 Å². The average molecular weight is 535 g/mol. The van der Waals surface area contributed by atoms with Crippen LogP contribution in [0.4, 0.5) is 4.79 Å². The van der Waals surface area contributed by atoms with Crippen LogP contribution in [0.15, 0.2) is 30.3 Å². The van der Waals surface area contributed by atoms with Crippen LogP contribution in [0.5, 0.6) is 0 Å². The Kier molecular flexibility index (Phi) is 18.8. The first-order valence-electron chi connectivity index (χ1n) is 10.8. The fraction of sp³-hybridized carbons (Fsp3) is 0.565. The molecule has 11 heteroatoms. The van der Waals surface area contributed by atoms with Gasteiger partial charge in [-0.15, -0.1) is 0 Å². The number of benzene rings is 1. The first kappa shape index (κ1) is 32.4. The second kappa shape index (κ2) is 19.7. The number of hydrogen-bond acceptors (Lipinski definition) is 9. The second-order valence-electron chi connectivity index (χ2n) is 7.18. The molecule has 0 aromatic heterocycles. The van der Waals surface area contributed by atoms with E-state index in [1.54, 1.807) is 28.5 Å². The molecule has 0 radical (unpaired) electrons. The molecule has 3 atom stereocenters. The number of esters is 1. The van der Waals surface area contributed by atoms with E-state index in [-0.39, 0.29) is 32.4 Å². The molecular formula is C23H38N2O6S3. The Balaban J connectivity index is 0.0000109. The van der Waals surface area contributed by atoms with Gasteiger partial charge in [0.05, 0.1) is 24.3 Å². The smallest absolute Gasteiger partial charge is 0.435 e. The topological polar surface area (TPSA) is 119 Å². The lowest BCUT2D eigenvalue weighted by Gasteiger charge is -2.17. The van der Waals surface area contributed by atoms with Crippen LogP contribution in [-0.4, -0.2) is 67.0 Å². The van der Waals surface area contributed by atoms with Crippen LogP contribution in [-0.2, 0) is 30.2 Å². The molecule has 8 nitrogen and oxygen atoms in total. The summed E-state index contributed by atoms with van der Waals surface area (Å²) in [5.41, 5.74) is 5.23. The first-order chi connectivity index (χ1) is 15.8. The number of amides is 1. The monoisotopic (exact) mass is 534 g/mol. The number of rotatable bonds is 16. The lowest BCUT2D eigenvalue weighted by Crippen LogP contribution is -2.62. The van der Waals surface area contributed by atoms with Gasteiger partial charge in [-0.05, 0) is 30.9 Å². The molecule has 1 amide bonds.